The molecule has 1 saturated heterocycles. The largest absolute Gasteiger partial charge is 0.334 e. The maximum Gasteiger partial charge on any atom is 0.264 e. The average molecular weight is 423 g/mol. The van der Waals surface area contributed by atoms with Gasteiger partial charge in [-0.15, -0.1) is 0 Å². The summed E-state index contributed by atoms with van der Waals surface area (Å²) in [6, 6.07) is 13.2. The van der Waals surface area contributed by atoms with E-state index in [2.05, 4.69) is 7.05 Å². The van der Waals surface area contributed by atoms with E-state index >= 15 is 0 Å². The van der Waals surface area contributed by atoms with E-state index in [0.29, 0.717) is 23.8 Å². The van der Waals surface area contributed by atoms with Crippen LogP contribution in [0.15, 0.2) is 53.4 Å². The summed E-state index contributed by atoms with van der Waals surface area (Å²) in [4.78, 5) is 16.1. The number of carbonyl (C=O) groups excluding carboxylic acids is 1. The molecule has 8 heteroatoms. The summed E-state index contributed by atoms with van der Waals surface area (Å²) in [5.74, 6) is -0.188. The molecule has 0 atom stereocenters. The minimum Gasteiger partial charge on any atom is -0.334 e. The molecule has 0 radical (unpaired) electrons. The van der Waals surface area contributed by atoms with Crippen molar-refractivity contribution in [3.05, 3.63) is 59.1 Å². The fraction of sp³-hybridized carbons (Fsp3) is 0.350. The van der Waals surface area contributed by atoms with Gasteiger partial charge >= 0.3 is 0 Å². The van der Waals surface area contributed by atoms with Crippen LogP contribution in [0.1, 0.15) is 5.56 Å². The van der Waals surface area contributed by atoms with Gasteiger partial charge in [-0.1, -0.05) is 23.7 Å². The van der Waals surface area contributed by atoms with Gasteiger partial charge < -0.3 is 9.80 Å². The summed E-state index contributed by atoms with van der Waals surface area (Å²) >= 11 is 5.91. The van der Waals surface area contributed by atoms with Gasteiger partial charge in [0.1, 0.15) is 6.54 Å². The first kappa shape index (κ1) is 20.6. The maximum atomic E-state index is 13.3. The van der Waals surface area contributed by atoms with Crippen molar-refractivity contribution >= 4 is 33.2 Å². The Morgan fingerprint density at radius 2 is 1.79 bits per heavy atom. The van der Waals surface area contributed by atoms with Crippen LogP contribution < -0.4 is 9.21 Å². The van der Waals surface area contributed by atoms with E-state index in [1.807, 2.05) is 13.0 Å². The molecule has 6 nitrogen and oxygen atoms in total. The maximum absolute atomic E-state index is 13.3. The van der Waals surface area contributed by atoms with E-state index in [1.54, 1.807) is 23.1 Å². The summed E-state index contributed by atoms with van der Waals surface area (Å²) in [5, 5.41) is 0.456. The summed E-state index contributed by atoms with van der Waals surface area (Å²) in [7, 11) is -1.82. The highest BCUT2D eigenvalue weighted by molar-refractivity contribution is 7.92. The minimum absolute atomic E-state index is 0.106. The molecule has 0 aliphatic carbocycles. The smallest absolute Gasteiger partial charge is 0.264 e. The molecule has 1 amide bonds. The topological polar surface area (TPSA) is 62.1 Å². The van der Waals surface area contributed by atoms with Gasteiger partial charge in [-0.2, -0.15) is 0 Å². The van der Waals surface area contributed by atoms with Gasteiger partial charge in [-0.05, 0) is 48.9 Å². The molecule has 0 unspecified atom stereocenters. The quantitative estimate of drug-likeness (QED) is 0.787. The first-order valence-corrected chi connectivity index (χ1v) is 11.0. The van der Waals surface area contributed by atoms with Gasteiger partial charge in [0.05, 0.1) is 43.8 Å². The summed E-state index contributed by atoms with van der Waals surface area (Å²) in [6.45, 7) is 4.65. The molecule has 1 aliphatic rings. The molecular weight excluding hydrogens is 398 g/mol. The number of piperazine rings is 1. The number of quaternary nitrogens is 1. The van der Waals surface area contributed by atoms with Crippen molar-refractivity contribution in [3.63, 3.8) is 0 Å². The molecular formula is C20H25ClN3O3S+. The molecule has 2 aromatic rings. The molecule has 1 fully saturated rings. The van der Waals surface area contributed by atoms with Gasteiger partial charge in [0.2, 0.25) is 5.91 Å². The zero-order valence-electron chi connectivity index (χ0n) is 16.1. The molecule has 0 saturated carbocycles. The highest BCUT2D eigenvalue weighted by Crippen LogP contribution is 2.25. The third-order valence-corrected chi connectivity index (χ3v) is 6.98. The zero-order chi connectivity index (χ0) is 20.3. The monoisotopic (exact) mass is 422 g/mol. The first-order chi connectivity index (χ1) is 13.3. The molecule has 150 valence electrons. The molecule has 0 spiro atoms. The van der Waals surface area contributed by atoms with Crippen LogP contribution in [0.2, 0.25) is 5.02 Å². The number of hydrogen-bond acceptors (Lipinski definition) is 3. The van der Waals surface area contributed by atoms with Crippen LogP contribution in [0.5, 0.6) is 0 Å². The number of rotatable bonds is 5. The Morgan fingerprint density at radius 3 is 2.39 bits per heavy atom. The van der Waals surface area contributed by atoms with Gasteiger partial charge in [0, 0.05) is 5.02 Å². The predicted molar refractivity (Wildman–Crippen MR) is 110 cm³/mol. The van der Waals surface area contributed by atoms with Gasteiger partial charge in [0.15, 0.2) is 0 Å². The van der Waals surface area contributed by atoms with Crippen molar-refractivity contribution in [2.45, 2.75) is 11.8 Å². The Labute approximate surface area is 171 Å². The number of aryl methyl sites for hydroxylation is 1. The number of nitrogens with zero attached hydrogens (tertiary/aromatic N) is 2. The molecule has 1 heterocycles. The zero-order valence-corrected chi connectivity index (χ0v) is 17.6. The second-order valence-corrected chi connectivity index (χ2v) is 9.44. The molecule has 0 bridgehead atoms. The Morgan fingerprint density at radius 1 is 1.14 bits per heavy atom. The van der Waals surface area contributed by atoms with E-state index in [-0.39, 0.29) is 17.3 Å². The van der Waals surface area contributed by atoms with Crippen molar-refractivity contribution in [1.82, 2.24) is 4.90 Å². The second kappa shape index (κ2) is 8.51. The van der Waals surface area contributed by atoms with E-state index in [1.165, 1.54) is 33.5 Å². The van der Waals surface area contributed by atoms with Crippen molar-refractivity contribution in [3.8, 4) is 0 Å². The van der Waals surface area contributed by atoms with Crippen molar-refractivity contribution in [1.29, 1.82) is 0 Å². The standard InChI is InChI=1S/C20H24ClN3O3S/c1-16-4-3-5-18(14-16)24(15-20(25)23-12-10-22(2)11-13-23)28(26,27)19-8-6-17(21)7-9-19/h3-9,14H,10-13,15H2,1-2H3/p+1. The fourth-order valence-corrected chi connectivity index (χ4v) is 4.72. The number of nitrogens with one attached hydrogen (secondary N) is 1. The van der Waals surface area contributed by atoms with E-state index < -0.39 is 10.0 Å². The summed E-state index contributed by atoms with van der Waals surface area (Å²) in [6.07, 6.45) is 0. The molecule has 0 aromatic heterocycles. The lowest BCUT2D eigenvalue weighted by molar-refractivity contribution is -0.883. The third-order valence-electron chi connectivity index (χ3n) is 4.94. The Kier molecular flexibility index (Phi) is 6.27. The van der Waals surface area contributed by atoms with Crippen LogP contribution >= 0.6 is 11.6 Å². The van der Waals surface area contributed by atoms with E-state index in [4.69, 9.17) is 11.6 Å². The van der Waals surface area contributed by atoms with Crippen LogP contribution in [0.4, 0.5) is 5.69 Å². The number of carbonyl (C=O) groups is 1. The number of anilines is 1. The number of sulfonamides is 1. The summed E-state index contributed by atoms with van der Waals surface area (Å²) < 4.78 is 27.9. The van der Waals surface area contributed by atoms with Crippen molar-refractivity contribution in [2.24, 2.45) is 0 Å². The number of benzene rings is 2. The third kappa shape index (κ3) is 4.66. The number of amides is 1. The summed E-state index contributed by atoms with van der Waals surface area (Å²) in [5.41, 5.74) is 1.40. The number of halogens is 1. The lowest BCUT2D eigenvalue weighted by atomic mass is 10.2. The highest BCUT2D eigenvalue weighted by Gasteiger charge is 2.30. The van der Waals surface area contributed by atoms with Gasteiger partial charge in [0.25, 0.3) is 10.0 Å². The molecule has 2 aromatic carbocycles. The second-order valence-electron chi connectivity index (χ2n) is 7.14. The van der Waals surface area contributed by atoms with Crippen molar-refractivity contribution < 1.29 is 18.1 Å². The van der Waals surface area contributed by atoms with E-state index in [9.17, 15) is 13.2 Å². The Bertz CT molecular complexity index is 939. The Balaban J connectivity index is 1.93. The van der Waals surface area contributed by atoms with E-state index in [0.717, 1.165) is 18.7 Å². The fourth-order valence-electron chi connectivity index (χ4n) is 3.19. The molecule has 1 aliphatic heterocycles. The lowest BCUT2D eigenvalue weighted by Gasteiger charge is -2.32. The van der Waals surface area contributed by atoms with Crippen LogP contribution in [0.25, 0.3) is 0 Å². The normalized spacial score (nSPS) is 15.5. The average Bonchev–Trinajstić information content (AvgIpc) is 2.66. The molecule has 1 N–H and O–H groups in total. The molecule has 3 rings (SSSR count). The number of likely N-dealkylation sites (N-methyl/N-ethyl adjacent to an activating group) is 1. The Hall–Kier alpha value is -2.09. The molecule has 28 heavy (non-hydrogen) atoms. The minimum atomic E-state index is -3.91. The van der Waals surface area contributed by atoms with Crippen LogP contribution in [0.3, 0.4) is 0 Å². The SMILES string of the molecule is Cc1cccc(N(CC(=O)N2CC[NH+](C)CC2)S(=O)(=O)c2ccc(Cl)cc2)c1. The van der Waals surface area contributed by atoms with Crippen LogP contribution in [-0.2, 0) is 14.8 Å². The predicted octanol–water partition coefficient (Wildman–Crippen LogP) is 1.20. The van der Waals surface area contributed by atoms with Crippen molar-refractivity contribution in [2.75, 3.05) is 44.1 Å². The highest BCUT2D eigenvalue weighted by atomic mass is 35.5. The van der Waals surface area contributed by atoms with Crippen LogP contribution in [-0.4, -0.2) is 59.0 Å². The first-order valence-electron chi connectivity index (χ1n) is 9.21. The van der Waals surface area contributed by atoms with Gasteiger partial charge in [-0.3, -0.25) is 9.10 Å². The van der Waals surface area contributed by atoms with Crippen LogP contribution in [0, 0.1) is 6.92 Å². The van der Waals surface area contributed by atoms with Gasteiger partial charge in [-0.25, -0.2) is 8.42 Å². The lowest BCUT2D eigenvalue weighted by Crippen LogP contribution is -3.12. The number of hydrogen-bond donors (Lipinski definition) is 1.